The van der Waals surface area contributed by atoms with Crippen LogP contribution in [0.1, 0.15) is 6.92 Å². The molecule has 6 nitrogen and oxygen atoms in total. The van der Waals surface area contributed by atoms with Crippen LogP contribution in [-0.2, 0) is 19.8 Å². The Balaban J connectivity index is 0.00000196. The van der Waals surface area contributed by atoms with Gasteiger partial charge in [0.2, 0.25) is 0 Å². The molecule has 0 saturated carbocycles. The van der Waals surface area contributed by atoms with Gasteiger partial charge in [0, 0.05) is 13.1 Å². The van der Waals surface area contributed by atoms with Gasteiger partial charge in [-0.05, 0) is 0 Å². The van der Waals surface area contributed by atoms with Crippen LogP contribution in [-0.4, -0.2) is 56.3 Å². The molecule has 1 rings (SSSR count). The van der Waals surface area contributed by atoms with Crippen molar-refractivity contribution < 1.29 is 73.8 Å². The third-order valence-electron chi connectivity index (χ3n) is 1.96. The summed E-state index contributed by atoms with van der Waals surface area (Å²) in [5, 5.41) is 0. The molecule has 0 aliphatic carbocycles. The molecule has 0 amide bonds. The van der Waals surface area contributed by atoms with Crippen molar-refractivity contribution in [2.75, 3.05) is 32.9 Å². The Morgan fingerprint density at radius 3 is 2.53 bits per heavy atom. The predicted molar refractivity (Wildman–Crippen MR) is 47.5 cm³/mol. The van der Waals surface area contributed by atoms with Crippen LogP contribution < -0.4 is 51.4 Å². The third-order valence-corrected chi connectivity index (χ3v) is 3.00. The molecule has 15 heavy (non-hydrogen) atoms. The molecular weight excluding hydrogens is 249 g/mol. The van der Waals surface area contributed by atoms with E-state index in [-0.39, 0.29) is 70.6 Å². The molecule has 1 aliphatic rings. The second-order valence-electron chi connectivity index (χ2n) is 2.98. The van der Waals surface area contributed by atoms with E-state index in [9.17, 15) is 13.0 Å². The molecule has 0 aromatic rings. The van der Waals surface area contributed by atoms with Crippen molar-refractivity contribution in [3.8, 4) is 0 Å². The first-order valence-electron chi connectivity index (χ1n) is 4.44. The van der Waals surface area contributed by atoms with Gasteiger partial charge in [-0.2, -0.15) is 0 Å². The maximum atomic E-state index is 10.7. The van der Waals surface area contributed by atoms with E-state index in [1.165, 1.54) is 0 Å². The fourth-order valence-corrected chi connectivity index (χ4v) is 1.91. The van der Waals surface area contributed by atoms with Crippen molar-refractivity contribution >= 4 is 10.3 Å². The first kappa shape index (κ1) is 16.4. The van der Waals surface area contributed by atoms with Crippen LogP contribution in [0.25, 0.3) is 0 Å². The van der Waals surface area contributed by atoms with Crippen LogP contribution in [0.15, 0.2) is 0 Å². The molecule has 1 unspecified atom stereocenters. The van der Waals surface area contributed by atoms with Gasteiger partial charge in [0.15, 0.2) is 10.3 Å². The van der Waals surface area contributed by atoms with Gasteiger partial charge in [-0.25, -0.2) is 12.7 Å². The van der Waals surface area contributed by atoms with Crippen molar-refractivity contribution in [2.45, 2.75) is 13.0 Å². The van der Waals surface area contributed by atoms with Crippen molar-refractivity contribution in [3.05, 3.63) is 0 Å². The summed E-state index contributed by atoms with van der Waals surface area (Å²) in [7, 11) is -4.37. The maximum absolute atomic E-state index is 10.7. The molecule has 0 aromatic heterocycles. The predicted octanol–water partition coefficient (Wildman–Crippen LogP) is -3.81. The SMILES string of the molecule is CCN(CC1COCCO1)S(=O)(=O)[O-].[K+]. The van der Waals surface area contributed by atoms with Crippen LogP contribution in [0.4, 0.5) is 0 Å². The van der Waals surface area contributed by atoms with E-state index in [0.717, 1.165) is 4.31 Å². The molecule has 1 heterocycles. The number of hydrogen-bond donors (Lipinski definition) is 0. The zero-order valence-corrected chi connectivity index (χ0v) is 12.9. The molecule has 0 bridgehead atoms. The fraction of sp³-hybridized carbons (Fsp3) is 1.00. The Kier molecular flexibility index (Phi) is 8.43. The Labute approximate surface area is 133 Å². The molecular formula is C7H14KNO5S. The van der Waals surface area contributed by atoms with E-state index >= 15 is 0 Å². The molecule has 1 saturated heterocycles. The van der Waals surface area contributed by atoms with Crippen LogP contribution in [0.5, 0.6) is 0 Å². The summed E-state index contributed by atoms with van der Waals surface area (Å²) >= 11 is 0. The fourth-order valence-electron chi connectivity index (χ4n) is 1.25. The molecule has 1 atom stereocenters. The van der Waals surface area contributed by atoms with Gasteiger partial charge in [0.25, 0.3) is 0 Å². The van der Waals surface area contributed by atoms with Crippen LogP contribution >= 0.6 is 0 Å². The van der Waals surface area contributed by atoms with Gasteiger partial charge in [-0.3, -0.25) is 0 Å². The first-order valence-corrected chi connectivity index (χ1v) is 5.81. The van der Waals surface area contributed by atoms with Crippen molar-refractivity contribution in [1.29, 1.82) is 0 Å². The smallest absolute Gasteiger partial charge is 0.735 e. The molecule has 0 N–H and O–H groups in total. The maximum Gasteiger partial charge on any atom is 1.00 e. The normalized spacial score (nSPS) is 22.5. The van der Waals surface area contributed by atoms with Gasteiger partial charge >= 0.3 is 51.4 Å². The number of hydrogen-bond acceptors (Lipinski definition) is 5. The summed E-state index contributed by atoms with van der Waals surface area (Å²) in [6.45, 7) is 3.15. The average Bonchev–Trinajstić information content (AvgIpc) is 2.14. The van der Waals surface area contributed by atoms with E-state index in [1.807, 2.05) is 0 Å². The van der Waals surface area contributed by atoms with Crippen molar-refractivity contribution in [2.24, 2.45) is 0 Å². The summed E-state index contributed by atoms with van der Waals surface area (Å²) in [4.78, 5) is 0. The van der Waals surface area contributed by atoms with E-state index in [4.69, 9.17) is 9.47 Å². The summed E-state index contributed by atoms with van der Waals surface area (Å²) in [5.74, 6) is 0. The summed E-state index contributed by atoms with van der Waals surface area (Å²) in [6.07, 6.45) is -0.326. The average molecular weight is 263 g/mol. The van der Waals surface area contributed by atoms with Crippen LogP contribution in [0.3, 0.4) is 0 Å². The number of likely N-dealkylation sites (N-methyl/N-ethyl adjacent to an activating group) is 1. The minimum Gasteiger partial charge on any atom is -0.735 e. The number of ether oxygens (including phenoxy) is 2. The molecule has 0 aromatic carbocycles. The largest absolute Gasteiger partial charge is 1.00 e. The minimum absolute atomic E-state index is 0. The van der Waals surface area contributed by atoms with E-state index in [0.29, 0.717) is 19.8 Å². The molecule has 84 valence electrons. The first-order chi connectivity index (χ1) is 6.54. The molecule has 8 heteroatoms. The summed E-state index contributed by atoms with van der Waals surface area (Å²) in [5.41, 5.74) is 0. The molecule has 1 fully saturated rings. The standard InChI is InChI=1S/C7H15NO5S.K/c1-2-8(14(9,10)11)5-7-6-12-3-4-13-7;/h7H,2-6H2,1H3,(H,9,10,11);/q;+1/p-1. The topological polar surface area (TPSA) is 78.9 Å². The summed E-state index contributed by atoms with van der Waals surface area (Å²) in [6, 6.07) is 0. The quantitative estimate of drug-likeness (QED) is 0.384. The monoisotopic (exact) mass is 263 g/mol. The molecule has 0 spiro atoms. The van der Waals surface area contributed by atoms with Gasteiger partial charge in [-0.15, -0.1) is 0 Å². The summed E-state index contributed by atoms with van der Waals surface area (Å²) < 4.78 is 43.3. The van der Waals surface area contributed by atoms with Gasteiger partial charge in [-0.1, -0.05) is 6.92 Å². The van der Waals surface area contributed by atoms with Crippen LogP contribution in [0.2, 0.25) is 0 Å². The zero-order valence-electron chi connectivity index (χ0n) is 9.01. The van der Waals surface area contributed by atoms with Gasteiger partial charge in [0.05, 0.1) is 25.9 Å². The van der Waals surface area contributed by atoms with Crippen LogP contribution in [0, 0.1) is 0 Å². The molecule has 0 radical (unpaired) electrons. The number of nitrogens with zero attached hydrogens (tertiary/aromatic N) is 1. The van der Waals surface area contributed by atoms with E-state index < -0.39 is 10.3 Å². The van der Waals surface area contributed by atoms with E-state index in [2.05, 4.69) is 0 Å². The Bertz CT molecular complexity index is 265. The zero-order chi connectivity index (χ0) is 10.6. The second-order valence-corrected chi connectivity index (χ2v) is 4.35. The third kappa shape index (κ3) is 6.06. The van der Waals surface area contributed by atoms with Crippen molar-refractivity contribution in [1.82, 2.24) is 4.31 Å². The number of rotatable bonds is 4. The van der Waals surface area contributed by atoms with Gasteiger partial charge < -0.3 is 14.0 Å². The molecule has 1 aliphatic heterocycles. The Morgan fingerprint density at radius 1 is 1.47 bits per heavy atom. The minimum atomic E-state index is -4.37. The second kappa shape index (κ2) is 7.69. The van der Waals surface area contributed by atoms with Gasteiger partial charge in [0.1, 0.15) is 0 Å². The van der Waals surface area contributed by atoms with E-state index in [1.54, 1.807) is 6.92 Å². The van der Waals surface area contributed by atoms with Crippen molar-refractivity contribution in [3.63, 3.8) is 0 Å². The Morgan fingerprint density at radius 2 is 2.13 bits per heavy atom. The Hall–Kier alpha value is 1.43.